The first-order chi connectivity index (χ1) is 11.3. The van der Waals surface area contributed by atoms with Gasteiger partial charge in [-0.05, 0) is 0 Å². The Morgan fingerprint density at radius 3 is 2.00 bits per heavy atom. The number of carbonyl (C=O) groups excluding carboxylic acids is 2. The lowest BCUT2D eigenvalue weighted by Crippen LogP contribution is -2.08. The normalized spacial score (nSPS) is 15.9. The van der Waals surface area contributed by atoms with E-state index in [4.69, 9.17) is 30.9 Å². The summed E-state index contributed by atoms with van der Waals surface area (Å²) in [4.78, 5) is 35.4. The van der Waals surface area contributed by atoms with Gasteiger partial charge in [-0.25, -0.2) is 4.79 Å². The second kappa shape index (κ2) is 6.76. The molecule has 0 spiro atoms. The molecule has 0 radical (unpaired) electrons. The van der Waals surface area contributed by atoms with Crippen molar-refractivity contribution in [3.8, 4) is 17.2 Å². The second-order valence-corrected chi connectivity index (χ2v) is 5.03. The fraction of sp³-hybridized carbons (Fsp3) is 0.188. The van der Waals surface area contributed by atoms with E-state index in [1.165, 1.54) is 33.5 Å². The molecule has 0 saturated carbocycles. The van der Waals surface area contributed by atoms with Crippen LogP contribution in [0.25, 0.3) is 5.57 Å². The molecule has 1 aliphatic rings. The van der Waals surface area contributed by atoms with Gasteiger partial charge < -0.3 is 19.3 Å². The van der Waals surface area contributed by atoms with Crippen molar-refractivity contribution in [1.82, 2.24) is 0 Å². The molecule has 0 amide bonds. The maximum absolute atomic E-state index is 12.5. The van der Waals surface area contributed by atoms with Crippen molar-refractivity contribution in [3.63, 3.8) is 0 Å². The summed E-state index contributed by atoms with van der Waals surface area (Å²) in [5, 5.41) is 8.42. The second-order valence-electron chi connectivity index (χ2n) is 4.65. The Morgan fingerprint density at radius 1 is 1.04 bits per heavy atom. The van der Waals surface area contributed by atoms with Gasteiger partial charge in [0, 0.05) is 18.2 Å². The highest BCUT2D eigenvalue weighted by molar-refractivity contribution is 6.63. The molecule has 0 saturated heterocycles. The van der Waals surface area contributed by atoms with E-state index in [1.54, 1.807) is 0 Å². The number of ether oxygens (including phenoxy) is 3. The van der Waals surface area contributed by atoms with Crippen LogP contribution in [0.1, 0.15) is 5.56 Å². The van der Waals surface area contributed by atoms with Crippen molar-refractivity contribution in [3.05, 3.63) is 34.4 Å². The number of carboxylic acids is 1. The van der Waals surface area contributed by atoms with Gasteiger partial charge in [-0.15, -0.1) is 0 Å². The molecule has 24 heavy (non-hydrogen) atoms. The van der Waals surface area contributed by atoms with Crippen LogP contribution in [0.4, 0.5) is 0 Å². The Kier molecular flexibility index (Phi) is 4.94. The molecule has 0 atom stereocenters. The number of aliphatic carboxylic acids is 1. The van der Waals surface area contributed by atoms with E-state index < -0.39 is 28.1 Å². The molecular weight excluding hydrogens is 340 g/mol. The summed E-state index contributed by atoms with van der Waals surface area (Å²) in [6.45, 7) is 0. The van der Waals surface area contributed by atoms with Gasteiger partial charge in [-0.2, -0.15) is 0 Å². The predicted molar refractivity (Wildman–Crippen MR) is 84.6 cm³/mol. The third kappa shape index (κ3) is 2.85. The number of Topliss-reactive ketones (excluding diaryl/α,β-unsaturated/α-hetero) is 2. The number of benzene rings is 1. The van der Waals surface area contributed by atoms with Crippen molar-refractivity contribution >= 4 is 34.7 Å². The molecule has 0 heterocycles. The molecule has 0 fully saturated rings. The molecule has 1 N–H and O–H groups in total. The van der Waals surface area contributed by atoms with E-state index in [0.717, 1.165) is 0 Å². The van der Waals surface area contributed by atoms with Crippen LogP contribution in [-0.4, -0.2) is 44.0 Å². The van der Waals surface area contributed by atoms with E-state index in [0.29, 0.717) is 11.8 Å². The zero-order valence-electron chi connectivity index (χ0n) is 13.0. The molecule has 0 unspecified atom stereocenters. The average molecular weight is 353 g/mol. The zero-order valence-corrected chi connectivity index (χ0v) is 13.8. The van der Waals surface area contributed by atoms with Crippen LogP contribution in [0, 0.1) is 0 Å². The molecule has 126 valence electrons. The molecule has 1 aromatic carbocycles. The number of carbonyl (C=O) groups is 3. The SMILES string of the molecule is COc1cc(OC)c(C2=C(Cl)C(=O)/C(=C/C(=O)O)C2=O)c(OC)c1. The van der Waals surface area contributed by atoms with Gasteiger partial charge in [0.25, 0.3) is 0 Å². The van der Waals surface area contributed by atoms with E-state index >= 15 is 0 Å². The molecule has 7 nitrogen and oxygen atoms in total. The molecule has 0 aliphatic heterocycles. The summed E-state index contributed by atoms with van der Waals surface area (Å²) in [5.41, 5.74) is -0.550. The molecule has 8 heteroatoms. The van der Waals surface area contributed by atoms with Crippen molar-refractivity contribution < 1.29 is 33.7 Å². The van der Waals surface area contributed by atoms with Gasteiger partial charge >= 0.3 is 5.97 Å². The highest BCUT2D eigenvalue weighted by atomic mass is 35.5. The minimum atomic E-state index is -1.42. The largest absolute Gasteiger partial charge is 0.496 e. The van der Waals surface area contributed by atoms with Crippen LogP contribution >= 0.6 is 11.6 Å². The van der Waals surface area contributed by atoms with Crippen LogP contribution in [0.3, 0.4) is 0 Å². The smallest absolute Gasteiger partial charge is 0.329 e. The molecule has 0 bridgehead atoms. The summed E-state index contributed by atoms with van der Waals surface area (Å²) in [6.07, 6.45) is 0.530. The molecule has 1 aromatic rings. The Bertz CT molecular complexity index is 780. The van der Waals surface area contributed by atoms with Crippen molar-refractivity contribution in [2.75, 3.05) is 21.3 Å². The van der Waals surface area contributed by atoms with Crippen LogP contribution in [-0.2, 0) is 14.4 Å². The maximum Gasteiger partial charge on any atom is 0.329 e. The minimum Gasteiger partial charge on any atom is -0.496 e. The highest BCUT2D eigenvalue weighted by Gasteiger charge is 2.39. The van der Waals surface area contributed by atoms with Gasteiger partial charge in [0.2, 0.25) is 5.78 Å². The monoisotopic (exact) mass is 352 g/mol. The predicted octanol–water partition coefficient (Wildman–Crippen LogP) is 1.83. The fourth-order valence-electron chi connectivity index (χ4n) is 2.30. The van der Waals surface area contributed by atoms with Crippen LogP contribution in [0.5, 0.6) is 17.2 Å². The van der Waals surface area contributed by atoms with Crippen LogP contribution < -0.4 is 14.2 Å². The first kappa shape index (κ1) is 17.6. The van der Waals surface area contributed by atoms with E-state index in [-0.39, 0.29) is 22.6 Å². The summed E-state index contributed by atoms with van der Waals surface area (Å²) in [5.74, 6) is -2.31. The lowest BCUT2D eigenvalue weighted by atomic mass is 10.00. The van der Waals surface area contributed by atoms with Crippen molar-refractivity contribution in [2.45, 2.75) is 0 Å². The van der Waals surface area contributed by atoms with Crippen LogP contribution in [0.15, 0.2) is 28.8 Å². The maximum atomic E-state index is 12.5. The van der Waals surface area contributed by atoms with Crippen LogP contribution in [0.2, 0.25) is 0 Å². The number of allylic oxidation sites excluding steroid dienone is 3. The fourth-order valence-corrected chi connectivity index (χ4v) is 2.58. The van der Waals surface area contributed by atoms with E-state index in [2.05, 4.69) is 0 Å². The Hall–Kier alpha value is -2.80. The summed E-state index contributed by atoms with van der Waals surface area (Å²) >= 11 is 6.00. The van der Waals surface area contributed by atoms with Gasteiger partial charge in [-0.1, -0.05) is 11.6 Å². The highest BCUT2D eigenvalue weighted by Crippen LogP contribution is 2.44. The van der Waals surface area contributed by atoms with Gasteiger partial charge in [0.1, 0.15) is 22.3 Å². The number of carboxylic acid groups (broad SMARTS) is 1. The van der Waals surface area contributed by atoms with Gasteiger partial charge in [-0.3, -0.25) is 9.59 Å². The number of hydrogen-bond acceptors (Lipinski definition) is 6. The number of halogens is 1. The molecule has 2 rings (SSSR count). The topological polar surface area (TPSA) is 99.1 Å². The molecule has 1 aliphatic carbocycles. The van der Waals surface area contributed by atoms with Crippen molar-refractivity contribution in [2.24, 2.45) is 0 Å². The number of hydrogen-bond donors (Lipinski definition) is 1. The summed E-state index contributed by atoms with van der Waals surface area (Å²) in [7, 11) is 4.17. The third-order valence-corrected chi connectivity index (χ3v) is 3.73. The number of methoxy groups -OCH3 is 3. The lowest BCUT2D eigenvalue weighted by Gasteiger charge is -2.15. The standard InChI is InChI=1S/C16H13ClO7/c1-22-7-4-9(23-2)12(10(5-7)24-3)13-14(17)16(21)8(15(13)20)6-11(18)19/h4-6H,1-3H3,(H,18,19)/b8-6+. The number of rotatable bonds is 5. The minimum absolute atomic E-state index is 0.151. The molecular formula is C16H13ClO7. The Morgan fingerprint density at radius 2 is 1.58 bits per heavy atom. The molecule has 0 aromatic heterocycles. The summed E-state index contributed by atoms with van der Waals surface area (Å²) in [6, 6.07) is 2.98. The van der Waals surface area contributed by atoms with E-state index in [1.807, 2.05) is 0 Å². The summed E-state index contributed by atoms with van der Waals surface area (Å²) < 4.78 is 15.6. The quantitative estimate of drug-likeness (QED) is 0.637. The lowest BCUT2D eigenvalue weighted by molar-refractivity contribution is -0.132. The number of ketones is 2. The van der Waals surface area contributed by atoms with Gasteiger partial charge in [0.15, 0.2) is 5.78 Å². The third-order valence-electron chi connectivity index (χ3n) is 3.37. The van der Waals surface area contributed by atoms with E-state index in [9.17, 15) is 14.4 Å². The first-order valence-corrected chi connectivity index (χ1v) is 6.97. The average Bonchev–Trinajstić information content (AvgIpc) is 2.76. The van der Waals surface area contributed by atoms with Gasteiger partial charge in [0.05, 0.1) is 38.0 Å². The Labute approximate surface area is 142 Å². The Balaban J connectivity index is 2.74. The zero-order chi connectivity index (χ0) is 18.0. The first-order valence-electron chi connectivity index (χ1n) is 6.59. The van der Waals surface area contributed by atoms with Crippen molar-refractivity contribution in [1.29, 1.82) is 0 Å².